The molecule has 0 saturated carbocycles. The van der Waals surface area contributed by atoms with Gasteiger partial charge in [-0.3, -0.25) is 4.68 Å². The van der Waals surface area contributed by atoms with Crippen LogP contribution in [0.5, 0.6) is 0 Å². The zero-order chi connectivity index (χ0) is 24.1. The maximum atomic E-state index is 13.7. The predicted octanol–water partition coefficient (Wildman–Crippen LogP) is 2.70. The Morgan fingerprint density at radius 2 is 1.83 bits per heavy atom. The van der Waals surface area contributed by atoms with Gasteiger partial charge in [0.2, 0.25) is 0 Å². The Hall–Kier alpha value is -1.59. The molecule has 2 aromatic rings. The van der Waals surface area contributed by atoms with Gasteiger partial charge in [-0.05, 0) is 67.2 Å². The normalized spacial score (nSPS) is 20.5. The summed E-state index contributed by atoms with van der Waals surface area (Å²) < 4.78 is 38.1. The SMILES string of the molecule is Cn1cc(N(C2CCOCC2(C)C)S(=O)(=O)NC(=O)Nc2c3c(cc4c2CCC4)CCC3)cn1.[Na]. The molecular weight excluding hydrogens is 477 g/mol. The van der Waals surface area contributed by atoms with Crippen molar-refractivity contribution in [3.05, 3.63) is 40.7 Å². The molecule has 1 aromatic heterocycles. The minimum absolute atomic E-state index is 0. The molecule has 1 aromatic carbocycles. The number of benzene rings is 1. The average Bonchev–Trinajstić information content (AvgIpc) is 3.49. The molecule has 1 aliphatic heterocycles. The second-order valence-corrected chi connectivity index (χ2v) is 11.9. The van der Waals surface area contributed by atoms with E-state index in [2.05, 4.69) is 21.2 Å². The second kappa shape index (κ2) is 10.0. The van der Waals surface area contributed by atoms with Crippen molar-refractivity contribution < 1.29 is 17.9 Å². The Morgan fingerprint density at radius 3 is 2.40 bits per heavy atom. The summed E-state index contributed by atoms with van der Waals surface area (Å²) in [5, 5.41) is 7.10. The first-order valence-electron chi connectivity index (χ1n) is 12.0. The van der Waals surface area contributed by atoms with Gasteiger partial charge in [-0.2, -0.15) is 13.5 Å². The van der Waals surface area contributed by atoms with Crippen molar-refractivity contribution in [3.8, 4) is 0 Å². The minimum Gasteiger partial charge on any atom is -0.381 e. The van der Waals surface area contributed by atoms with E-state index in [4.69, 9.17) is 4.74 Å². The molecule has 1 radical (unpaired) electrons. The summed E-state index contributed by atoms with van der Waals surface area (Å²) in [6.07, 6.45) is 9.62. The van der Waals surface area contributed by atoms with Crippen molar-refractivity contribution in [3.63, 3.8) is 0 Å². The van der Waals surface area contributed by atoms with E-state index in [0.29, 0.717) is 25.3 Å². The Morgan fingerprint density at radius 1 is 1.17 bits per heavy atom. The molecule has 3 aliphatic rings. The van der Waals surface area contributed by atoms with Crippen LogP contribution in [-0.2, 0) is 47.7 Å². The number of aromatic nitrogens is 2. The van der Waals surface area contributed by atoms with Crippen LogP contribution in [0, 0.1) is 5.41 Å². The number of hydrogen-bond acceptors (Lipinski definition) is 5. The maximum absolute atomic E-state index is 13.7. The number of urea groups is 1. The summed E-state index contributed by atoms with van der Waals surface area (Å²) in [6, 6.07) is 1.16. The van der Waals surface area contributed by atoms with Gasteiger partial charge in [0.1, 0.15) is 0 Å². The van der Waals surface area contributed by atoms with Crippen molar-refractivity contribution in [1.82, 2.24) is 14.5 Å². The number of nitrogens with one attached hydrogen (secondary N) is 2. The fraction of sp³-hybridized carbons (Fsp3) is 0.583. The number of carbonyl (C=O) groups excluding carboxylic acids is 1. The van der Waals surface area contributed by atoms with Crippen LogP contribution in [0.25, 0.3) is 0 Å². The third kappa shape index (κ3) is 5.13. The number of rotatable bonds is 5. The molecule has 2 amide bonds. The molecule has 35 heavy (non-hydrogen) atoms. The fourth-order valence-electron chi connectivity index (χ4n) is 5.73. The number of anilines is 2. The molecule has 2 N–H and O–H groups in total. The maximum Gasteiger partial charge on any atom is 0.334 e. The molecule has 1 fully saturated rings. The topological polar surface area (TPSA) is 106 Å². The van der Waals surface area contributed by atoms with Gasteiger partial charge < -0.3 is 10.1 Å². The zero-order valence-corrected chi connectivity index (χ0v) is 23.9. The Labute approximate surface area is 229 Å². The predicted molar refractivity (Wildman–Crippen MR) is 136 cm³/mol. The minimum atomic E-state index is -4.22. The molecule has 0 bridgehead atoms. The summed E-state index contributed by atoms with van der Waals surface area (Å²) in [6.45, 7) is 4.84. The monoisotopic (exact) mass is 510 g/mol. The van der Waals surface area contributed by atoms with E-state index in [1.54, 1.807) is 17.9 Å². The summed E-state index contributed by atoms with van der Waals surface area (Å²) in [7, 11) is -2.48. The number of carbonyl (C=O) groups is 1. The fourth-order valence-corrected chi connectivity index (χ4v) is 7.21. The molecule has 0 spiro atoms. The number of fused-ring (bicyclic) bond motifs is 2. The van der Waals surface area contributed by atoms with E-state index in [9.17, 15) is 13.2 Å². The van der Waals surface area contributed by atoms with Crippen molar-refractivity contribution >= 4 is 57.2 Å². The van der Waals surface area contributed by atoms with E-state index in [-0.39, 0.29) is 35.6 Å². The summed E-state index contributed by atoms with van der Waals surface area (Å²) in [4.78, 5) is 13.1. The first kappa shape index (κ1) is 26.5. The summed E-state index contributed by atoms with van der Waals surface area (Å²) in [5.74, 6) is 0. The van der Waals surface area contributed by atoms with Gasteiger partial charge in [-0.15, -0.1) is 0 Å². The Bertz CT molecular complexity index is 1190. The van der Waals surface area contributed by atoms with Crippen LogP contribution < -0.4 is 14.3 Å². The van der Waals surface area contributed by atoms with Gasteiger partial charge in [-0.1, -0.05) is 19.9 Å². The number of nitrogens with zero attached hydrogens (tertiary/aromatic N) is 3. The third-order valence-corrected chi connectivity index (χ3v) is 8.76. The smallest absolute Gasteiger partial charge is 0.334 e. The van der Waals surface area contributed by atoms with E-state index >= 15 is 0 Å². The number of ether oxygens (including phenoxy) is 1. The van der Waals surface area contributed by atoms with Gasteiger partial charge in [0.25, 0.3) is 0 Å². The third-order valence-electron chi connectivity index (χ3n) is 7.33. The molecule has 2 aliphatic carbocycles. The van der Waals surface area contributed by atoms with Crippen molar-refractivity contribution in [2.75, 3.05) is 22.8 Å². The molecule has 11 heteroatoms. The van der Waals surface area contributed by atoms with E-state index < -0.39 is 21.7 Å². The van der Waals surface area contributed by atoms with Crippen LogP contribution >= 0.6 is 0 Å². The quantitative estimate of drug-likeness (QED) is 0.602. The molecule has 2 heterocycles. The van der Waals surface area contributed by atoms with Crippen LogP contribution in [0.15, 0.2) is 18.5 Å². The van der Waals surface area contributed by atoms with Crippen LogP contribution in [0.1, 0.15) is 55.4 Å². The van der Waals surface area contributed by atoms with Crippen LogP contribution in [-0.4, -0.2) is 73.0 Å². The standard InChI is InChI=1S/C24H33N5O4S.Na/c1-24(2)15-33-11-10-21(24)29(18-13-25-28(3)14-18)34(31,32)27-23(30)26-22-19-8-4-6-16(19)12-17-7-5-9-20(17)22;/h12-14,21H,4-11,15H2,1-3H3,(H2,26,27,30);. The van der Waals surface area contributed by atoms with E-state index in [1.165, 1.54) is 21.6 Å². The summed E-state index contributed by atoms with van der Waals surface area (Å²) in [5.41, 5.74) is 5.66. The number of hydrogen-bond donors (Lipinski definition) is 2. The Kier molecular flexibility index (Phi) is 7.60. The molecule has 1 unspecified atom stereocenters. The van der Waals surface area contributed by atoms with Crippen molar-refractivity contribution in [2.45, 2.75) is 64.8 Å². The Balaban J connectivity index is 0.00000289. The summed E-state index contributed by atoms with van der Waals surface area (Å²) >= 11 is 0. The van der Waals surface area contributed by atoms with Crippen LogP contribution in [0.4, 0.5) is 16.2 Å². The molecule has 185 valence electrons. The van der Waals surface area contributed by atoms with Gasteiger partial charge in [0.15, 0.2) is 0 Å². The first-order chi connectivity index (χ1) is 16.2. The molecule has 9 nitrogen and oxygen atoms in total. The van der Waals surface area contributed by atoms with Gasteiger partial charge in [-0.25, -0.2) is 13.8 Å². The molecule has 1 atom stereocenters. The van der Waals surface area contributed by atoms with E-state index in [1.807, 2.05) is 13.8 Å². The number of aryl methyl sites for hydroxylation is 3. The van der Waals surface area contributed by atoms with Crippen molar-refractivity contribution in [1.29, 1.82) is 0 Å². The van der Waals surface area contributed by atoms with Gasteiger partial charge >= 0.3 is 16.2 Å². The largest absolute Gasteiger partial charge is 0.381 e. The second-order valence-electron chi connectivity index (χ2n) is 10.3. The number of amides is 2. The molecule has 1 saturated heterocycles. The molecule has 5 rings (SSSR count). The van der Waals surface area contributed by atoms with Gasteiger partial charge in [0.05, 0.1) is 24.5 Å². The van der Waals surface area contributed by atoms with Gasteiger partial charge in [0, 0.05) is 60.5 Å². The van der Waals surface area contributed by atoms with Crippen molar-refractivity contribution in [2.24, 2.45) is 12.5 Å². The first-order valence-corrected chi connectivity index (χ1v) is 13.5. The van der Waals surface area contributed by atoms with E-state index in [0.717, 1.165) is 55.3 Å². The average molecular weight is 511 g/mol. The van der Waals surface area contributed by atoms with Crippen LogP contribution in [0.2, 0.25) is 0 Å². The molecular formula is C24H33N5NaO4S. The zero-order valence-electron chi connectivity index (χ0n) is 21.1. The van der Waals surface area contributed by atoms with Crippen LogP contribution in [0.3, 0.4) is 0 Å².